The minimum absolute atomic E-state index is 0.142. The van der Waals surface area contributed by atoms with Crippen molar-refractivity contribution in [1.82, 2.24) is 0 Å². The van der Waals surface area contributed by atoms with Crippen molar-refractivity contribution < 1.29 is 4.39 Å². The Kier molecular flexibility index (Phi) is 4.99. The molecule has 2 aromatic rings. The second kappa shape index (κ2) is 6.74. The summed E-state index contributed by atoms with van der Waals surface area (Å²) in [4.78, 5) is 0. The number of aryl methyl sites for hydroxylation is 1. The highest BCUT2D eigenvalue weighted by molar-refractivity contribution is 5.96. The summed E-state index contributed by atoms with van der Waals surface area (Å²) in [5.41, 5.74) is 1.96. The van der Waals surface area contributed by atoms with Gasteiger partial charge in [0.2, 0.25) is 0 Å². The van der Waals surface area contributed by atoms with Crippen molar-refractivity contribution >= 4 is 16.5 Å². The predicted molar refractivity (Wildman–Crippen MR) is 85.8 cm³/mol. The quantitative estimate of drug-likeness (QED) is 0.787. The predicted octanol–water partition coefficient (Wildman–Crippen LogP) is 5.39. The summed E-state index contributed by atoms with van der Waals surface area (Å²) >= 11 is 0. The molecule has 1 aliphatic rings. The van der Waals surface area contributed by atoms with Gasteiger partial charge in [0.15, 0.2) is 0 Å². The van der Waals surface area contributed by atoms with Gasteiger partial charge in [-0.2, -0.15) is 0 Å². The van der Waals surface area contributed by atoms with E-state index in [9.17, 15) is 4.39 Å². The van der Waals surface area contributed by atoms with E-state index in [0.29, 0.717) is 5.69 Å². The Morgan fingerprint density at radius 2 is 1.85 bits per heavy atom. The van der Waals surface area contributed by atoms with Gasteiger partial charge in [-0.05, 0) is 42.2 Å². The number of benzene rings is 2. The molecule has 2 heteroatoms. The fourth-order valence-electron chi connectivity index (χ4n) is 2.45. The van der Waals surface area contributed by atoms with Crippen LogP contribution >= 0.6 is 0 Å². The number of rotatable bonds is 4. The summed E-state index contributed by atoms with van der Waals surface area (Å²) in [6.45, 7) is 7.03. The topological polar surface area (TPSA) is 12.0 Å². The van der Waals surface area contributed by atoms with Gasteiger partial charge in [-0.25, -0.2) is 4.39 Å². The second-order valence-corrected chi connectivity index (χ2v) is 5.11. The molecule has 0 spiro atoms. The average Bonchev–Trinajstić information content (AvgIpc) is 3.31. The van der Waals surface area contributed by atoms with Crippen LogP contribution in [0.25, 0.3) is 10.8 Å². The Labute approximate surface area is 121 Å². The number of hydrogen-bond acceptors (Lipinski definition) is 1. The molecule has 3 rings (SSSR count). The van der Waals surface area contributed by atoms with Gasteiger partial charge in [0.05, 0.1) is 5.69 Å². The molecular weight excluding hydrogens is 249 g/mol. The van der Waals surface area contributed by atoms with Crippen LogP contribution in [0.15, 0.2) is 30.3 Å². The fourth-order valence-corrected chi connectivity index (χ4v) is 2.45. The summed E-state index contributed by atoms with van der Waals surface area (Å²) in [5.74, 6) is 0.602. The Balaban J connectivity index is 0.000000704. The molecule has 0 radical (unpaired) electrons. The molecule has 1 fully saturated rings. The van der Waals surface area contributed by atoms with Crippen LogP contribution in [0, 0.1) is 11.7 Å². The maximum Gasteiger partial charge on any atom is 0.146 e. The van der Waals surface area contributed by atoms with Crippen molar-refractivity contribution in [2.24, 2.45) is 5.92 Å². The molecule has 108 valence electrons. The normalized spacial score (nSPS) is 13.8. The number of nitrogens with one attached hydrogen (secondary N) is 1. The van der Waals surface area contributed by atoms with Crippen LogP contribution in [0.3, 0.4) is 0 Å². The third kappa shape index (κ3) is 3.12. The maximum absolute atomic E-state index is 14.0. The summed E-state index contributed by atoms with van der Waals surface area (Å²) in [5, 5.41) is 5.47. The highest BCUT2D eigenvalue weighted by Crippen LogP contribution is 2.32. The van der Waals surface area contributed by atoms with Crippen LogP contribution < -0.4 is 5.32 Å². The van der Waals surface area contributed by atoms with Gasteiger partial charge < -0.3 is 5.32 Å². The Bertz CT molecular complexity index is 573. The first-order chi connectivity index (χ1) is 9.79. The first-order valence-electron chi connectivity index (χ1n) is 7.73. The molecular formula is C18H24FN. The summed E-state index contributed by atoms with van der Waals surface area (Å²) < 4.78 is 14.0. The Morgan fingerprint density at radius 3 is 2.50 bits per heavy atom. The molecule has 0 aromatic heterocycles. The largest absolute Gasteiger partial charge is 0.382 e. The molecule has 1 aliphatic carbocycles. The Hall–Kier alpha value is -1.57. The van der Waals surface area contributed by atoms with E-state index in [0.717, 1.165) is 24.3 Å². The lowest BCUT2D eigenvalue weighted by Gasteiger charge is -2.12. The second-order valence-electron chi connectivity index (χ2n) is 5.11. The number of halogens is 1. The zero-order chi connectivity index (χ0) is 14.5. The molecule has 0 aliphatic heterocycles. The molecule has 0 heterocycles. The van der Waals surface area contributed by atoms with Crippen molar-refractivity contribution in [2.75, 3.05) is 11.9 Å². The lowest BCUT2D eigenvalue weighted by Crippen LogP contribution is -2.05. The molecule has 1 N–H and O–H groups in total. The highest BCUT2D eigenvalue weighted by atomic mass is 19.1. The van der Waals surface area contributed by atoms with E-state index in [1.54, 1.807) is 6.07 Å². The van der Waals surface area contributed by atoms with Crippen LogP contribution in [-0.2, 0) is 6.42 Å². The van der Waals surface area contributed by atoms with Crippen molar-refractivity contribution in [1.29, 1.82) is 0 Å². The van der Waals surface area contributed by atoms with E-state index in [-0.39, 0.29) is 5.82 Å². The maximum atomic E-state index is 14.0. The summed E-state index contributed by atoms with van der Waals surface area (Å²) in [6.07, 6.45) is 3.53. The molecule has 0 amide bonds. The van der Waals surface area contributed by atoms with Gasteiger partial charge in [-0.3, -0.25) is 0 Å². The number of hydrogen-bond donors (Lipinski definition) is 1. The molecule has 0 atom stereocenters. The van der Waals surface area contributed by atoms with E-state index in [2.05, 4.69) is 18.3 Å². The lowest BCUT2D eigenvalue weighted by atomic mass is 10.0. The van der Waals surface area contributed by atoms with E-state index >= 15 is 0 Å². The number of fused-ring (bicyclic) bond motifs is 1. The smallest absolute Gasteiger partial charge is 0.146 e. The molecule has 0 unspecified atom stereocenters. The van der Waals surface area contributed by atoms with Gasteiger partial charge in [-0.15, -0.1) is 0 Å². The monoisotopic (exact) mass is 273 g/mol. The molecule has 1 saturated carbocycles. The summed E-state index contributed by atoms with van der Waals surface area (Å²) in [7, 11) is 0. The van der Waals surface area contributed by atoms with Gasteiger partial charge in [0, 0.05) is 11.9 Å². The molecule has 2 aromatic carbocycles. The third-order valence-corrected chi connectivity index (χ3v) is 3.75. The van der Waals surface area contributed by atoms with E-state index < -0.39 is 0 Å². The average molecular weight is 273 g/mol. The van der Waals surface area contributed by atoms with Crippen LogP contribution in [0.2, 0.25) is 0 Å². The molecule has 1 nitrogen and oxygen atoms in total. The van der Waals surface area contributed by atoms with Crippen molar-refractivity contribution in [3.05, 3.63) is 41.7 Å². The van der Waals surface area contributed by atoms with Gasteiger partial charge in [0.1, 0.15) is 5.82 Å². The number of anilines is 1. The van der Waals surface area contributed by atoms with Gasteiger partial charge >= 0.3 is 0 Å². The van der Waals surface area contributed by atoms with Crippen molar-refractivity contribution in [3.63, 3.8) is 0 Å². The minimum atomic E-state index is -0.142. The first-order valence-corrected chi connectivity index (χ1v) is 7.73. The lowest BCUT2D eigenvalue weighted by molar-refractivity contribution is 0.631. The highest BCUT2D eigenvalue weighted by Gasteiger charge is 2.21. The van der Waals surface area contributed by atoms with E-state index in [1.165, 1.54) is 23.8 Å². The van der Waals surface area contributed by atoms with Crippen LogP contribution in [0.4, 0.5) is 10.1 Å². The summed E-state index contributed by atoms with van der Waals surface area (Å²) in [6, 6.07) is 9.61. The first kappa shape index (κ1) is 14.8. The van der Waals surface area contributed by atoms with Crippen LogP contribution in [-0.4, -0.2) is 6.54 Å². The minimum Gasteiger partial charge on any atom is -0.382 e. The zero-order valence-electron chi connectivity index (χ0n) is 12.7. The van der Waals surface area contributed by atoms with E-state index in [4.69, 9.17) is 0 Å². The van der Waals surface area contributed by atoms with Gasteiger partial charge in [-0.1, -0.05) is 45.0 Å². The van der Waals surface area contributed by atoms with Crippen molar-refractivity contribution in [2.45, 2.75) is 40.0 Å². The van der Waals surface area contributed by atoms with E-state index in [1.807, 2.05) is 32.0 Å². The molecule has 0 saturated heterocycles. The van der Waals surface area contributed by atoms with Crippen LogP contribution in [0.1, 0.15) is 39.2 Å². The molecule has 20 heavy (non-hydrogen) atoms. The van der Waals surface area contributed by atoms with Crippen molar-refractivity contribution in [3.8, 4) is 0 Å². The SMILES string of the molecule is CC.CCc1cccc2c(NCC3CC3)c(F)ccc12. The molecule has 0 bridgehead atoms. The van der Waals surface area contributed by atoms with Gasteiger partial charge in [0.25, 0.3) is 0 Å². The standard InChI is InChI=1S/C16H18FN.C2H6/c1-2-12-4-3-5-14-13(12)8-9-15(17)16(14)18-10-11-6-7-11;1-2/h3-5,8-9,11,18H,2,6-7,10H2,1H3;1-2H3. The van der Waals surface area contributed by atoms with Crippen LogP contribution in [0.5, 0.6) is 0 Å². The fraction of sp³-hybridized carbons (Fsp3) is 0.444. The zero-order valence-corrected chi connectivity index (χ0v) is 12.7. The third-order valence-electron chi connectivity index (χ3n) is 3.75. The Morgan fingerprint density at radius 1 is 1.10 bits per heavy atom.